The molecular weight excluding hydrogens is 260 g/mol. The van der Waals surface area contributed by atoms with Gasteiger partial charge in [-0.1, -0.05) is 20.3 Å². The topological polar surface area (TPSA) is 55.1 Å². The third-order valence-corrected chi connectivity index (χ3v) is 6.05. The molecule has 2 rings (SSSR count). The summed E-state index contributed by atoms with van der Waals surface area (Å²) in [7, 11) is 0. The third kappa shape index (κ3) is 4.45. The van der Waals surface area contributed by atoms with Crippen molar-refractivity contribution in [3.8, 4) is 0 Å². The van der Waals surface area contributed by atoms with Crippen LogP contribution >= 0.6 is 0 Å². The molecule has 21 heavy (non-hydrogen) atoms. The Morgan fingerprint density at radius 3 is 2.48 bits per heavy atom. The first-order valence-electron chi connectivity index (χ1n) is 9.00. The maximum absolute atomic E-state index is 12.2. The second-order valence-electron chi connectivity index (χ2n) is 7.82. The molecule has 0 spiro atoms. The fourth-order valence-electron chi connectivity index (χ4n) is 4.68. The summed E-state index contributed by atoms with van der Waals surface area (Å²) < 4.78 is 0. The Balaban J connectivity index is 1.71. The lowest BCUT2D eigenvalue weighted by atomic mass is 9.84. The van der Waals surface area contributed by atoms with Crippen LogP contribution in [-0.4, -0.2) is 18.5 Å². The van der Waals surface area contributed by atoms with Gasteiger partial charge in [0.25, 0.3) is 0 Å². The smallest absolute Gasteiger partial charge is 0.220 e. The summed E-state index contributed by atoms with van der Waals surface area (Å²) in [6.07, 6.45) is 8.24. The van der Waals surface area contributed by atoms with Crippen molar-refractivity contribution in [2.24, 2.45) is 35.3 Å². The first-order chi connectivity index (χ1) is 10.0. The van der Waals surface area contributed by atoms with E-state index in [9.17, 15) is 4.79 Å². The number of nitrogens with one attached hydrogen (secondary N) is 1. The Morgan fingerprint density at radius 1 is 1.19 bits per heavy atom. The average molecular weight is 294 g/mol. The van der Waals surface area contributed by atoms with Gasteiger partial charge in [0.05, 0.1) is 0 Å². The molecule has 0 aromatic rings. The highest BCUT2D eigenvalue weighted by molar-refractivity contribution is 5.76. The Bertz CT molecular complexity index is 342. The second-order valence-corrected chi connectivity index (χ2v) is 7.82. The van der Waals surface area contributed by atoms with Crippen molar-refractivity contribution in [3.63, 3.8) is 0 Å². The van der Waals surface area contributed by atoms with Crippen LogP contribution in [0.2, 0.25) is 0 Å². The van der Waals surface area contributed by atoms with Crippen molar-refractivity contribution >= 4 is 5.91 Å². The number of amides is 1. The Morgan fingerprint density at radius 2 is 1.95 bits per heavy atom. The summed E-state index contributed by atoms with van der Waals surface area (Å²) in [5.41, 5.74) is 5.67. The van der Waals surface area contributed by atoms with Gasteiger partial charge in [0.2, 0.25) is 5.91 Å². The van der Waals surface area contributed by atoms with Crippen LogP contribution in [-0.2, 0) is 4.79 Å². The first kappa shape index (κ1) is 16.8. The van der Waals surface area contributed by atoms with Crippen molar-refractivity contribution in [1.29, 1.82) is 0 Å². The lowest BCUT2D eigenvalue weighted by molar-refractivity contribution is -0.122. The van der Waals surface area contributed by atoms with Gasteiger partial charge in [0, 0.05) is 12.5 Å². The molecule has 0 aromatic carbocycles. The highest BCUT2D eigenvalue weighted by Gasteiger charge is 2.42. The molecule has 0 heterocycles. The number of carbonyl (C=O) groups excluding carboxylic acids is 1. The van der Waals surface area contributed by atoms with E-state index in [0.29, 0.717) is 24.3 Å². The quantitative estimate of drug-likeness (QED) is 0.721. The molecule has 2 fully saturated rings. The molecule has 2 aliphatic rings. The fraction of sp³-hybridized carbons (Fsp3) is 0.944. The van der Waals surface area contributed by atoms with E-state index in [2.05, 4.69) is 26.1 Å². The van der Waals surface area contributed by atoms with Crippen molar-refractivity contribution in [2.45, 2.75) is 71.8 Å². The second kappa shape index (κ2) is 7.62. The molecule has 0 aromatic heterocycles. The van der Waals surface area contributed by atoms with E-state index in [4.69, 9.17) is 5.73 Å². The van der Waals surface area contributed by atoms with E-state index < -0.39 is 0 Å². The van der Waals surface area contributed by atoms with Crippen LogP contribution < -0.4 is 11.1 Å². The van der Waals surface area contributed by atoms with Gasteiger partial charge < -0.3 is 11.1 Å². The minimum absolute atomic E-state index is 0.243. The molecule has 5 atom stereocenters. The number of fused-ring (bicyclic) bond motifs is 2. The summed E-state index contributed by atoms with van der Waals surface area (Å²) in [5.74, 6) is 4.01. The van der Waals surface area contributed by atoms with E-state index in [1.54, 1.807) is 0 Å². The molecule has 1 amide bonds. The van der Waals surface area contributed by atoms with Crippen LogP contribution in [0.15, 0.2) is 0 Å². The molecule has 3 heteroatoms. The van der Waals surface area contributed by atoms with Crippen LogP contribution in [0.4, 0.5) is 0 Å². The van der Waals surface area contributed by atoms with Crippen molar-refractivity contribution < 1.29 is 4.79 Å². The van der Waals surface area contributed by atoms with Crippen LogP contribution in [0.5, 0.6) is 0 Å². The van der Waals surface area contributed by atoms with Gasteiger partial charge in [-0.15, -0.1) is 0 Å². The van der Waals surface area contributed by atoms with Gasteiger partial charge >= 0.3 is 0 Å². The molecule has 2 saturated carbocycles. The molecule has 5 unspecified atom stereocenters. The van der Waals surface area contributed by atoms with E-state index in [-0.39, 0.29) is 5.91 Å². The fourth-order valence-corrected chi connectivity index (χ4v) is 4.68. The number of hydrogen-bond donors (Lipinski definition) is 2. The molecule has 0 saturated heterocycles. The zero-order valence-electron chi connectivity index (χ0n) is 14.1. The maximum atomic E-state index is 12.2. The molecule has 0 aliphatic heterocycles. The van der Waals surface area contributed by atoms with Gasteiger partial charge in [-0.05, 0) is 75.2 Å². The first-order valence-corrected chi connectivity index (χ1v) is 9.00. The van der Waals surface area contributed by atoms with Crippen LogP contribution in [0, 0.1) is 29.6 Å². The number of hydrogen-bond acceptors (Lipinski definition) is 2. The highest BCUT2D eigenvalue weighted by Crippen LogP contribution is 2.49. The lowest BCUT2D eigenvalue weighted by Gasteiger charge is -2.29. The highest BCUT2D eigenvalue weighted by atomic mass is 16.1. The zero-order valence-corrected chi connectivity index (χ0v) is 14.1. The molecule has 3 nitrogen and oxygen atoms in total. The predicted octanol–water partition coefficient (Wildman–Crippen LogP) is 3.33. The average Bonchev–Trinajstić information content (AvgIpc) is 3.05. The van der Waals surface area contributed by atoms with Crippen LogP contribution in [0.3, 0.4) is 0 Å². The van der Waals surface area contributed by atoms with Gasteiger partial charge in [-0.2, -0.15) is 0 Å². The number of nitrogens with two attached hydrogens (primary N) is 1. The minimum Gasteiger partial charge on any atom is -0.353 e. The third-order valence-electron chi connectivity index (χ3n) is 6.05. The molecule has 2 aliphatic carbocycles. The lowest BCUT2D eigenvalue weighted by Crippen LogP contribution is -2.40. The van der Waals surface area contributed by atoms with Crippen LogP contribution in [0.25, 0.3) is 0 Å². The largest absolute Gasteiger partial charge is 0.353 e. The van der Waals surface area contributed by atoms with Crippen LogP contribution in [0.1, 0.15) is 65.7 Å². The maximum Gasteiger partial charge on any atom is 0.220 e. The Labute approximate surface area is 130 Å². The van der Waals surface area contributed by atoms with E-state index >= 15 is 0 Å². The van der Waals surface area contributed by atoms with E-state index in [0.717, 1.165) is 37.1 Å². The SMILES string of the molecule is CC(C)C(CCN)CCC(=O)NC(C)C1CC2CCC1C2. The van der Waals surface area contributed by atoms with Crippen molar-refractivity contribution in [3.05, 3.63) is 0 Å². The van der Waals surface area contributed by atoms with E-state index in [1.807, 2.05) is 0 Å². The zero-order chi connectivity index (χ0) is 15.4. The summed E-state index contributed by atoms with van der Waals surface area (Å²) in [6, 6.07) is 0.361. The summed E-state index contributed by atoms with van der Waals surface area (Å²) in [4.78, 5) is 12.2. The van der Waals surface area contributed by atoms with E-state index in [1.165, 1.54) is 25.7 Å². The van der Waals surface area contributed by atoms with Crippen molar-refractivity contribution in [1.82, 2.24) is 5.32 Å². The minimum atomic E-state index is 0.243. The van der Waals surface area contributed by atoms with Gasteiger partial charge in [-0.3, -0.25) is 4.79 Å². The van der Waals surface area contributed by atoms with Gasteiger partial charge in [-0.25, -0.2) is 0 Å². The van der Waals surface area contributed by atoms with Gasteiger partial charge in [0.1, 0.15) is 0 Å². The number of rotatable bonds is 8. The predicted molar refractivity (Wildman–Crippen MR) is 87.8 cm³/mol. The normalized spacial score (nSPS) is 30.6. The summed E-state index contributed by atoms with van der Waals surface area (Å²) >= 11 is 0. The van der Waals surface area contributed by atoms with Crippen molar-refractivity contribution in [2.75, 3.05) is 6.54 Å². The number of carbonyl (C=O) groups is 1. The molecule has 122 valence electrons. The Hall–Kier alpha value is -0.570. The molecule has 0 radical (unpaired) electrons. The van der Waals surface area contributed by atoms with Gasteiger partial charge in [0.15, 0.2) is 0 Å². The molecule has 3 N–H and O–H groups in total. The Kier molecular flexibility index (Phi) is 6.09. The summed E-state index contributed by atoms with van der Waals surface area (Å²) in [5, 5.41) is 3.27. The molecular formula is C18H34N2O. The molecule has 2 bridgehead atoms. The standard InChI is InChI=1S/C18H34N2O/c1-12(2)15(8-9-19)6-7-18(21)20-13(3)17-11-14-4-5-16(17)10-14/h12-17H,4-11,19H2,1-3H3,(H,20,21). The monoisotopic (exact) mass is 294 g/mol. The summed E-state index contributed by atoms with van der Waals surface area (Å²) in [6.45, 7) is 7.40.